The van der Waals surface area contributed by atoms with Crippen molar-refractivity contribution >= 4 is 17.8 Å². The Bertz CT molecular complexity index is 600. The zero-order valence-corrected chi connectivity index (χ0v) is 15.9. The van der Waals surface area contributed by atoms with Crippen LogP contribution in [0.5, 0.6) is 0 Å². The van der Waals surface area contributed by atoms with Crippen molar-refractivity contribution in [1.82, 2.24) is 14.7 Å². The number of morpholine rings is 1. The van der Waals surface area contributed by atoms with Gasteiger partial charge in [-0.2, -0.15) is 0 Å². The molecular formula is C18H29N3O5. The maximum Gasteiger partial charge on any atom is 0.303 e. The number of piperazine rings is 1. The molecule has 3 heterocycles. The first kappa shape index (κ1) is 19.1. The fraction of sp³-hybridized carbons (Fsp3) is 0.833. The van der Waals surface area contributed by atoms with E-state index in [0.717, 1.165) is 6.54 Å². The molecule has 0 bridgehead atoms. The monoisotopic (exact) mass is 367 g/mol. The molecule has 1 N–H and O–H groups in total. The largest absolute Gasteiger partial charge is 0.481 e. The van der Waals surface area contributed by atoms with E-state index in [2.05, 4.69) is 4.90 Å². The Labute approximate surface area is 154 Å². The second-order valence-corrected chi connectivity index (χ2v) is 8.71. The van der Waals surface area contributed by atoms with Crippen molar-refractivity contribution in [3.63, 3.8) is 0 Å². The lowest BCUT2D eigenvalue weighted by Gasteiger charge is -2.63. The molecule has 3 aliphatic heterocycles. The molecule has 0 radical (unpaired) electrons. The number of carboxylic acids is 1. The maximum absolute atomic E-state index is 12.6. The smallest absolute Gasteiger partial charge is 0.303 e. The fourth-order valence-electron chi connectivity index (χ4n) is 4.55. The lowest BCUT2D eigenvalue weighted by molar-refractivity contribution is -0.181. The number of hydrogen-bond acceptors (Lipinski definition) is 5. The molecule has 0 unspecified atom stereocenters. The standard InChI is InChI=1S/C18H29N3O5/c1-13(22)19-8-14-9-26-5-4-21(14)18(10-19)11-20(12-18)15(23)6-17(2,3)7-16(24)25/h14H,4-12H2,1-3H3,(H,24,25)/t14-/m1/s1. The highest BCUT2D eigenvalue weighted by Crippen LogP contribution is 2.37. The SMILES string of the molecule is CC(=O)N1C[C@@H]2COCCN2C2(C1)CN(C(=O)CC(C)(C)CC(=O)O)C2. The van der Waals surface area contributed by atoms with Crippen molar-refractivity contribution in [2.75, 3.05) is 45.9 Å². The van der Waals surface area contributed by atoms with Gasteiger partial charge in [-0.3, -0.25) is 19.3 Å². The molecule has 26 heavy (non-hydrogen) atoms. The van der Waals surface area contributed by atoms with Gasteiger partial charge < -0.3 is 19.6 Å². The van der Waals surface area contributed by atoms with Crippen LogP contribution in [0.15, 0.2) is 0 Å². The summed E-state index contributed by atoms with van der Waals surface area (Å²) in [4.78, 5) is 41.6. The lowest BCUT2D eigenvalue weighted by atomic mass is 9.80. The predicted octanol–water partition coefficient (Wildman–Crippen LogP) is 0.0213. The molecule has 1 atom stereocenters. The van der Waals surface area contributed by atoms with Crippen molar-refractivity contribution in [3.8, 4) is 0 Å². The molecule has 1 spiro atoms. The van der Waals surface area contributed by atoms with Gasteiger partial charge >= 0.3 is 5.97 Å². The van der Waals surface area contributed by atoms with Crippen LogP contribution in [0.2, 0.25) is 0 Å². The van der Waals surface area contributed by atoms with Crippen LogP contribution in [-0.2, 0) is 19.1 Å². The molecule has 8 heteroatoms. The summed E-state index contributed by atoms with van der Waals surface area (Å²) in [7, 11) is 0. The third-order valence-electron chi connectivity index (χ3n) is 5.78. The van der Waals surface area contributed by atoms with Gasteiger partial charge in [0.1, 0.15) is 0 Å². The normalized spacial score (nSPS) is 25.6. The summed E-state index contributed by atoms with van der Waals surface area (Å²) < 4.78 is 5.59. The van der Waals surface area contributed by atoms with Gasteiger partial charge in [-0.15, -0.1) is 0 Å². The molecule has 0 aromatic rings. The number of ether oxygens (including phenoxy) is 1. The van der Waals surface area contributed by atoms with Gasteiger partial charge in [-0.05, 0) is 5.41 Å². The van der Waals surface area contributed by atoms with Gasteiger partial charge in [0.25, 0.3) is 0 Å². The molecule has 146 valence electrons. The summed E-state index contributed by atoms with van der Waals surface area (Å²) in [5.74, 6) is -0.836. The van der Waals surface area contributed by atoms with Crippen LogP contribution < -0.4 is 0 Å². The van der Waals surface area contributed by atoms with E-state index in [-0.39, 0.29) is 36.2 Å². The van der Waals surface area contributed by atoms with E-state index in [9.17, 15) is 14.4 Å². The summed E-state index contributed by atoms with van der Waals surface area (Å²) in [6.07, 6.45) is 0.194. The van der Waals surface area contributed by atoms with E-state index >= 15 is 0 Å². The number of carbonyl (C=O) groups excluding carboxylic acids is 2. The molecule has 0 aromatic carbocycles. The maximum atomic E-state index is 12.6. The van der Waals surface area contributed by atoms with Crippen molar-refractivity contribution < 1.29 is 24.2 Å². The summed E-state index contributed by atoms with van der Waals surface area (Å²) in [6.45, 7) is 9.83. The van der Waals surface area contributed by atoms with Gasteiger partial charge in [0.15, 0.2) is 0 Å². The van der Waals surface area contributed by atoms with Gasteiger partial charge in [0.2, 0.25) is 11.8 Å². The molecule has 3 fully saturated rings. The number of amides is 2. The van der Waals surface area contributed by atoms with Crippen LogP contribution in [-0.4, -0.2) is 95.1 Å². The number of carbonyl (C=O) groups is 3. The van der Waals surface area contributed by atoms with Crippen LogP contribution >= 0.6 is 0 Å². The van der Waals surface area contributed by atoms with Crippen LogP contribution in [0.25, 0.3) is 0 Å². The van der Waals surface area contributed by atoms with E-state index in [1.807, 2.05) is 18.7 Å². The Balaban J connectivity index is 1.65. The molecule has 3 rings (SSSR count). The second-order valence-electron chi connectivity index (χ2n) is 8.71. The summed E-state index contributed by atoms with van der Waals surface area (Å²) in [5, 5.41) is 9.00. The zero-order valence-electron chi connectivity index (χ0n) is 15.9. The molecular weight excluding hydrogens is 338 g/mol. The number of nitrogens with zero attached hydrogens (tertiary/aromatic N) is 3. The first-order valence-corrected chi connectivity index (χ1v) is 9.21. The predicted molar refractivity (Wildman–Crippen MR) is 93.5 cm³/mol. The van der Waals surface area contributed by atoms with Crippen LogP contribution in [0.3, 0.4) is 0 Å². The number of likely N-dealkylation sites (tertiary alicyclic amines) is 1. The first-order chi connectivity index (χ1) is 12.1. The van der Waals surface area contributed by atoms with Crippen molar-refractivity contribution in [1.29, 1.82) is 0 Å². The summed E-state index contributed by atoms with van der Waals surface area (Å²) in [5.41, 5.74) is -0.754. The first-order valence-electron chi connectivity index (χ1n) is 9.21. The molecule has 3 aliphatic rings. The average Bonchev–Trinajstić information content (AvgIpc) is 2.49. The molecule has 3 saturated heterocycles. The minimum Gasteiger partial charge on any atom is -0.481 e. The highest BCUT2D eigenvalue weighted by Gasteiger charge is 2.55. The number of aliphatic carboxylic acids is 1. The highest BCUT2D eigenvalue weighted by atomic mass is 16.5. The Morgan fingerprint density at radius 2 is 1.81 bits per heavy atom. The van der Waals surface area contributed by atoms with E-state index < -0.39 is 11.4 Å². The number of rotatable bonds is 4. The fourth-order valence-corrected chi connectivity index (χ4v) is 4.55. The molecule has 0 aliphatic carbocycles. The third-order valence-corrected chi connectivity index (χ3v) is 5.78. The topological polar surface area (TPSA) is 90.4 Å². The highest BCUT2D eigenvalue weighted by molar-refractivity contribution is 5.79. The zero-order chi connectivity index (χ0) is 19.1. The van der Waals surface area contributed by atoms with Gasteiger partial charge in [0, 0.05) is 46.1 Å². The van der Waals surface area contributed by atoms with E-state index in [4.69, 9.17) is 9.84 Å². The molecule has 2 amide bonds. The van der Waals surface area contributed by atoms with Crippen molar-refractivity contribution in [3.05, 3.63) is 0 Å². The lowest BCUT2D eigenvalue weighted by Crippen LogP contribution is -2.81. The summed E-state index contributed by atoms with van der Waals surface area (Å²) in [6, 6.07) is 0.183. The van der Waals surface area contributed by atoms with Gasteiger partial charge in [-0.25, -0.2) is 0 Å². The summed E-state index contributed by atoms with van der Waals surface area (Å²) >= 11 is 0. The van der Waals surface area contributed by atoms with Gasteiger partial charge in [-0.1, -0.05) is 13.8 Å². The quantitative estimate of drug-likeness (QED) is 0.753. The third kappa shape index (κ3) is 3.71. The van der Waals surface area contributed by atoms with Crippen molar-refractivity contribution in [2.45, 2.75) is 45.2 Å². The minimum absolute atomic E-state index is 0.00775. The van der Waals surface area contributed by atoms with E-state index in [1.165, 1.54) is 0 Å². The molecule has 0 aromatic heterocycles. The van der Waals surface area contributed by atoms with Crippen LogP contribution in [0.4, 0.5) is 0 Å². The number of carboxylic acid groups (broad SMARTS) is 1. The Morgan fingerprint density at radius 3 is 2.42 bits per heavy atom. The Hall–Kier alpha value is -1.67. The van der Waals surface area contributed by atoms with Gasteiger partial charge in [0.05, 0.1) is 31.2 Å². The molecule has 0 saturated carbocycles. The Kier molecular flexibility index (Phi) is 5.00. The molecule has 8 nitrogen and oxygen atoms in total. The second kappa shape index (κ2) is 6.81. The van der Waals surface area contributed by atoms with Crippen LogP contribution in [0, 0.1) is 5.41 Å². The number of hydrogen-bond donors (Lipinski definition) is 1. The number of fused-ring (bicyclic) bond motifs is 2. The Morgan fingerprint density at radius 1 is 1.15 bits per heavy atom. The van der Waals surface area contributed by atoms with Crippen molar-refractivity contribution in [2.24, 2.45) is 5.41 Å². The average molecular weight is 367 g/mol. The minimum atomic E-state index is -0.886. The van der Waals surface area contributed by atoms with E-state index in [1.54, 1.807) is 11.8 Å². The van der Waals surface area contributed by atoms with E-state index in [0.29, 0.717) is 39.4 Å². The van der Waals surface area contributed by atoms with Crippen LogP contribution in [0.1, 0.15) is 33.6 Å².